The van der Waals surface area contributed by atoms with Gasteiger partial charge >= 0.3 is 0 Å². The molecule has 1 aliphatic carbocycles. The number of halogens is 1. The largest absolute Gasteiger partial charge is 0.385 e. The number of hydrogen-bond acceptors (Lipinski definition) is 1. The molecule has 2 heteroatoms. The van der Waals surface area contributed by atoms with Gasteiger partial charge in [0.1, 0.15) is 5.67 Å². The molecule has 0 amide bonds. The minimum atomic E-state index is -1.22. The highest BCUT2D eigenvalue weighted by atomic mass is 19.1. The molecule has 0 saturated heterocycles. The van der Waals surface area contributed by atoms with Crippen LogP contribution in [0.15, 0.2) is 24.3 Å². The quantitative estimate of drug-likeness (QED) is 0.809. The van der Waals surface area contributed by atoms with E-state index in [2.05, 4.69) is 0 Å². The molecule has 0 radical (unpaired) electrons. The van der Waals surface area contributed by atoms with Gasteiger partial charge in [0.25, 0.3) is 0 Å². The van der Waals surface area contributed by atoms with Gasteiger partial charge in [-0.2, -0.15) is 0 Å². The molecule has 0 spiro atoms. The Morgan fingerprint density at radius 2 is 1.93 bits per heavy atom. The summed E-state index contributed by atoms with van der Waals surface area (Å²) in [5, 5.41) is 10.1. The highest BCUT2D eigenvalue weighted by Gasteiger charge is 2.43. The van der Waals surface area contributed by atoms with Gasteiger partial charge in [-0.1, -0.05) is 24.3 Å². The molecule has 1 aromatic rings. The van der Waals surface area contributed by atoms with Crippen molar-refractivity contribution in [2.45, 2.75) is 44.4 Å². The van der Waals surface area contributed by atoms with Crippen molar-refractivity contribution in [1.82, 2.24) is 0 Å². The van der Waals surface area contributed by atoms with E-state index in [4.69, 9.17) is 0 Å². The number of aliphatic hydroxyl groups is 1. The maximum Gasteiger partial charge on any atom is 0.109 e. The topological polar surface area (TPSA) is 20.2 Å². The van der Waals surface area contributed by atoms with Gasteiger partial charge in [0.05, 0.1) is 5.60 Å². The fraction of sp³-hybridized carbons (Fsp3) is 0.538. The van der Waals surface area contributed by atoms with E-state index in [-0.39, 0.29) is 0 Å². The Hall–Kier alpha value is -0.890. The standard InChI is InChI=1S/C13H17FO/c1-12(2,14)9-10-5-3-4-6-11(10)13(15)7-8-13/h3-6,15H,7-9H2,1-2H3. The average molecular weight is 208 g/mol. The van der Waals surface area contributed by atoms with E-state index in [1.54, 1.807) is 13.8 Å². The van der Waals surface area contributed by atoms with E-state index < -0.39 is 11.3 Å². The van der Waals surface area contributed by atoms with Gasteiger partial charge < -0.3 is 5.11 Å². The predicted octanol–water partition coefficient (Wildman–Crippen LogP) is 2.96. The first-order chi connectivity index (χ1) is 6.91. The van der Waals surface area contributed by atoms with Crippen LogP contribution in [-0.2, 0) is 12.0 Å². The molecular weight excluding hydrogens is 191 g/mol. The fourth-order valence-electron chi connectivity index (χ4n) is 1.97. The fourth-order valence-corrected chi connectivity index (χ4v) is 1.97. The zero-order valence-electron chi connectivity index (χ0n) is 9.26. The van der Waals surface area contributed by atoms with E-state index in [1.165, 1.54) is 0 Å². The highest BCUT2D eigenvalue weighted by molar-refractivity contribution is 5.36. The van der Waals surface area contributed by atoms with Gasteiger partial charge in [-0.25, -0.2) is 4.39 Å². The second-order valence-electron chi connectivity index (χ2n) is 5.08. The van der Waals surface area contributed by atoms with Gasteiger partial charge in [-0.15, -0.1) is 0 Å². The van der Waals surface area contributed by atoms with Crippen LogP contribution in [0.4, 0.5) is 4.39 Å². The molecule has 0 heterocycles. The number of rotatable bonds is 3. The maximum atomic E-state index is 13.6. The monoisotopic (exact) mass is 208 g/mol. The summed E-state index contributed by atoms with van der Waals surface area (Å²) in [4.78, 5) is 0. The minimum Gasteiger partial charge on any atom is -0.385 e. The van der Waals surface area contributed by atoms with Crippen molar-refractivity contribution in [2.75, 3.05) is 0 Å². The molecule has 0 atom stereocenters. The summed E-state index contributed by atoms with van der Waals surface area (Å²) in [5.74, 6) is 0. The molecule has 1 saturated carbocycles. The molecule has 0 unspecified atom stereocenters. The Morgan fingerprint density at radius 1 is 1.33 bits per heavy atom. The van der Waals surface area contributed by atoms with Crippen LogP contribution < -0.4 is 0 Å². The van der Waals surface area contributed by atoms with Gasteiger partial charge in [0.2, 0.25) is 0 Å². The summed E-state index contributed by atoms with van der Waals surface area (Å²) >= 11 is 0. The van der Waals surface area contributed by atoms with Gasteiger partial charge in [0.15, 0.2) is 0 Å². The molecule has 1 fully saturated rings. The second-order valence-corrected chi connectivity index (χ2v) is 5.08. The summed E-state index contributed by atoms with van der Waals surface area (Å²) < 4.78 is 13.6. The SMILES string of the molecule is CC(C)(F)Cc1ccccc1C1(O)CC1. The Labute approximate surface area is 89.9 Å². The van der Waals surface area contributed by atoms with Crippen molar-refractivity contribution in [3.8, 4) is 0 Å². The number of alkyl halides is 1. The average Bonchev–Trinajstić information content (AvgIpc) is 2.83. The first-order valence-corrected chi connectivity index (χ1v) is 5.40. The molecule has 0 aliphatic heterocycles. The lowest BCUT2D eigenvalue weighted by Crippen LogP contribution is -2.19. The molecule has 82 valence electrons. The van der Waals surface area contributed by atoms with Crippen molar-refractivity contribution >= 4 is 0 Å². The number of benzene rings is 1. The minimum absolute atomic E-state index is 0.367. The molecule has 1 aliphatic rings. The first-order valence-electron chi connectivity index (χ1n) is 5.40. The van der Waals surface area contributed by atoms with Crippen LogP contribution in [0.2, 0.25) is 0 Å². The van der Waals surface area contributed by atoms with Crippen LogP contribution in [0.5, 0.6) is 0 Å². The summed E-state index contributed by atoms with van der Waals surface area (Å²) in [6.45, 7) is 3.14. The van der Waals surface area contributed by atoms with Crippen LogP contribution in [0.1, 0.15) is 37.8 Å². The lowest BCUT2D eigenvalue weighted by molar-refractivity contribution is 0.148. The van der Waals surface area contributed by atoms with Crippen LogP contribution in [-0.4, -0.2) is 10.8 Å². The molecule has 15 heavy (non-hydrogen) atoms. The van der Waals surface area contributed by atoms with Crippen molar-refractivity contribution < 1.29 is 9.50 Å². The van der Waals surface area contributed by atoms with E-state index in [1.807, 2.05) is 24.3 Å². The maximum absolute atomic E-state index is 13.6. The third-order valence-corrected chi connectivity index (χ3v) is 2.85. The second kappa shape index (κ2) is 3.31. The number of hydrogen-bond donors (Lipinski definition) is 1. The zero-order chi connectivity index (χ0) is 11.1. The van der Waals surface area contributed by atoms with Gasteiger partial charge in [-0.05, 0) is 37.8 Å². The molecule has 2 rings (SSSR count). The molecule has 1 nitrogen and oxygen atoms in total. The summed E-state index contributed by atoms with van der Waals surface area (Å²) in [5.41, 5.74) is -0.0378. The molecule has 1 N–H and O–H groups in total. The van der Waals surface area contributed by atoms with Crippen molar-refractivity contribution in [2.24, 2.45) is 0 Å². The summed E-state index contributed by atoms with van der Waals surface area (Å²) in [6, 6.07) is 7.62. The molecular formula is C13H17FO. The van der Waals surface area contributed by atoms with E-state index in [0.717, 1.165) is 24.0 Å². The van der Waals surface area contributed by atoms with E-state index in [0.29, 0.717) is 6.42 Å². The normalized spacial score (nSPS) is 18.9. The smallest absolute Gasteiger partial charge is 0.109 e. The van der Waals surface area contributed by atoms with Crippen molar-refractivity contribution in [3.05, 3.63) is 35.4 Å². The molecule has 1 aromatic carbocycles. The van der Waals surface area contributed by atoms with Gasteiger partial charge in [0, 0.05) is 6.42 Å². The van der Waals surface area contributed by atoms with Gasteiger partial charge in [-0.3, -0.25) is 0 Å². The lowest BCUT2D eigenvalue weighted by atomic mass is 9.92. The third kappa shape index (κ3) is 2.37. The first kappa shape index (κ1) is 10.6. The third-order valence-electron chi connectivity index (χ3n) is 2.85. The molecule has 0 aromatic heterocycles. The van der Waals surface area contributed by atoms with E-state index in [9.17, 15) is 9.50 Å². The van der Waals surface area contributed by atoms with Crippen LogP contribution in [0, 0.1) is 0 Å². The molecule has 0 bridgehead atoms. The summed E-state index contributed by atoms with van der Waals surface area (Å²) in [7, 11) is 0. The van der Waals surface area contributed by atoms with Crippen LogP contribution >= 0.6 is 0 Å². The predicted molar refractivity (Wildman–Crippen MR) is 58.5 cm³/mol. The summed E-state index contributed by atoms with van der Waals surface area (Å²) in [6.07, 6.45) is 1.97. The Morgan fingerprint density at radius 3 is 2.47 bits per heavy atom. The van der Waals surface area contributed by atoms with Crippen molar-refractivity contribution in [3.63, 3.8) is 0 Å². The Kier molecular flexibility index (Phi) is 2.34. The van der Waals surface area contributed by atoms with Crippen LogP contribution in [0.25, 0.3) is 0 Å². The van der Waals surface area contributed by atoms with Crippen LogP contribution in [0.3, 0.4) is 0 Å². The Bertz CT molecular complexity index is 361. The Balaban J connectivity index is 2.31. The highest BCUT2D eigenvalue weighted by Crippen LogP contribution is 2.47. The van der Waals surface area contributed by atoms with Crippen molar-refractivity contribution in [1.29, 1.82) is 0 Å². The van der Waals surface area contributed by atoms with E-state index >= 15 is 0 Å². The zero-order valence-corrected chi connectivity index (χ0v) is 9.26. The lowest BCUT2D eigenvalue weighted by Gasteiger charge is -2.19.